The second-order valence-corrected chi connectivity index (χ2v) is 4.28. The Kier molecular flexibility index (Phi) is 2.83. The molecule has 4 nitrogen and oxygen atoms in total. The van der Waals surface area contributed by atoms with Gasteiger partial charge in [-0.25, -0.2) is 0 Å². The highest BCUT2D eigenvalue weighted by Gasteiger charge is 2.23. The van der Waals surface area contributed by atoms with Crippen LogP contribution in [0.25, 0.3) is 0 Å². The molecule has 0 spiro atoms. The van der Waals surface area contributed by atoms with E-state index < -0.39 is 0 Å². The lowest BCUT2D eigenvalue weighted by Gasteiger charge is -2.34. The van der Waals surface area contributed by atoms with Gasteiger partial charge in [0, 0.05) is 6.04 Å². The number of nitrogens with zero attached hydrogens (tertiary/aromatic N) is 1. The summed E-state index contributed by atoms with van der Waals surface area (Å²) in [5.41, 5.74) is 2.62. The second-order valence-electron chi connectivity index (χ2n) is 4.28. The Labute approximate surface area is 94.9 Å². The van der Waals surface area contributed by atoms with Crippen molar-refractivity contribution >= 4 is 17.3 Å². The molecule has 0 radical (unpaired) electrons. The van der Waals surface area contributed by atoms with E-state index in [2.05, 4.69) is 24.1 Å². The van der Waals surface area contributed by atoms with Crippen molar-refractivity contribution < 1.29 is 9.90 Å². The molecule has 86 valence electrons. The number of carbonyl (C=O) groups is 1. The minimum atomic E-state index is -0.00910. The minimum absolute atomic E-state index is 0.00344. The Morgan fingerprint density at radius 3 is 2.88 bits per heavy atom. The van der Waals surface area contributed by atoms with E-state index in [-0.39, 0.29) is 18.6 Å². The van der Waals surface area contributed by atoms with Crippen LogP contribution in [0.1, 0.15) is 19.4 Å². The Bertz CT molecular complexity index is 415. The molecular weight excluding hydrogens is 204 g/mol. The summed E-state index contributed by atoms with van der Waals surface area (Å²) < 4.78 is 0. The van der Waals surface area contributed by atoms with Gasteiger partial charge in [-0.2, -0.15) is 0 Å². The van der Waals surface area contributed by atoms with Gasteiger partial charge in [0.05, 0.1) is 24.5 Å². The quantitative estimate of drug-likeness (QED) is 0.791. The SMILES string of the molecule is CC(C)N1CC(=O)Nc2cc(CO)ccc21. The fourth-order valence-electron chi connectivity index (χ4n) is 1.92. The molecule has 0 fully saturated rings. The largest absolute Gasteiger partial charge is 0.392 e. The van der Waals surface area contributed by atoms with Crippen LogP contribution in [0.5, 0.6) is 0 Å². The average molecular weight is 220 g/mol. The molecule has 1 aliphatic heterocycles. The number of hydrogen-bond donors (Lipinski definition) is 2. The zero-order chi connectivity index (χ0) is 11.7. The molecule has 0 atom stereocenters. The molecule has 0 bridgehead atoms. The number of anilines is 2. The first-order valence-corrected chi connectivity index (χ1v) is 5.42. The molecule has 1 aliphatic rings. The van der Waals surface area contributed by atoms with Crippen molar-refractivity contribution in [1.82, 2.24) is 0 Å². The molecule has 1 aromatic carbocycles. The van der Waals surface area contributed by atoms with Crippen molar-refractivity contribution in [2.75, 3.05) is 16.8 Å². The van der Waals surface area contributed by atoms with Gasteiger partial charge >= 0.3 is 0 Å². The summed E-state index contributed by atoms with van der Waals surface area (Å²) in [6.07, 6.45) is 0. The predicted molar refractivity (Wildman–Crippen MR) is 63.5 cm³/mol. The molecule has 0 saturated carbocycles. The number of amides is 1. The normalized spacial score (nSPS) is 15.0. The number of fused-ring (bicyclic) bond motifs is 1. The van der Waals surface area contributed by atoms with E-state index in [0.29, 0.717) is 6.54 Å². The van der Waals surface area contributed by atoms with E-state index in [9.17, 15) is 4.79 Å². The maximum Gasteiger partial charge on any atom is 0.243 e. The second kappa shape index (κ2) is 4.14. The fourth-order valence-corrected chi connectivity index (χ4v) is 1.92. The van der Waals surface area contributed by atoms with E-state index in [1.807, 2.05) is 18.2 Å². The molecule has 1 heterocycles. The summed E-state index contributed by atoms with van der Waals surface area (Å²) in [6, 6.07) is 5.93. The fraction of sp³-hybridized carbons (Fsp3) is 0.417. The molecule has 1 amide bonds. The topological polar surface area (TPSA) is 52.6 Å². The van der Waals surface area contributed by atoms with Crippen molar-refractivity contribution in [1.29, 1.82) is 0 Å². The summed E-state index contributed by atoms with van der Waals surface area (Å²) in [4.78, 5) is 13.6. The van der Waals surface area contributed by atoms with Gasteiger partial charge in [-0.05, 0) is 31.5 Å². The highest BCUT2D eigenvalue weighted by Crippen LogP contribution is 2.31. The molecule has 1 aromatic rings. The molecule has 2 N–H and O–H groups in total. The molecule has 16 heavy (non-hydrogen) atoms. The zero-order valence-corrected chi connectivity index (χ0v) is 9.53. The number of nitrogens with one attached hydrogen (secondary N) is 1. The van der Waals surface area contributed by atoms with E-state index in [1.54, 1.807) is 0 Å². The van der Waals surface area contributed by atoms with Gasteiger partial charge in [0.25, 0.3) is 0 Å². The average Bonchev–Trinajstić information content (AvgIpc) is 2.26. The molecule has 0 unspecified atom stereocenters. The first-order chi connectivity index (χ1) is 7.61. The van der Waals surface area contributed by atoms with Crippen molar-refractivity contribution in [2.24, 2.45) is 0 Å². The summed E-state index contributed by atoms with van der Waals surface area (Å²) >= 11 is 0. The third-order valence-corrected chi connectivity index (χ3v) is 2.76. The molecular formula is C12H16N2O2. The van der Waals surface area contributed by atoms with Crippen LogP contribution in [0.3, 0.4) is 0 Å². The Hall–Kier alpha value is -1.55. The van der Waals surface area contributed by atoms with Crippen LogP contribution in [0, 0.1) is 0 Å². The molecule has 0 saturated heterocycles. The predicted octanol–water partition coefficient (Wildman–Crippen LogP) is 1.35. The summed E-state index contributed by atoms with van der Waals surface area (Å²) in [5, 5.41) is 11.9. The zero-order valence-electron chi connectivity index (χ0n) is 9.53. The number of carbonyl (C=O) groups excluding carboxylic acids is 1. The standard InChI is InChI=1S/C12H16N2O2/c1-8(2)14-6-12(16)13-10-5-9(7-15)3-4-11(10)14/h3-5,8,15H,6-7H2,1-2H3,(H,13,16). The summed E-state index contributed by atoms with van der Waals surface area (Å²) in [7, 11) is 0. The van der Waals surface area contributed by atoms with Crippen LogP contribution in [-0.2, 0) is 11.4 Å². The molecule has 0 aromatic heterocycles. The van der Waals surface area contributed by atoms with Crippen LogP contribution >= 0.6 is 0 Å². The number of benzene rings is 1. The third kappa shape index (κ3) is 1.88. The van der Waals surface area contributed by atoms with Gasteiger partial charge in [-0.3, -0.25) is 4.79 Å². The van der Waals surface area contributed by atoms with Crippen LogP contribution in [0.2, 0.25) is 0 Å². The highest BCUT2D eigenvalue weighted by atomic mass is 16.3. The molecule has 2 rings (SSSR count). The lowest BCUT2D eigenvalue weighted by Crippen LogP contribution is -2.42. The maximum atomic E-state index is 11.5. The lowest BCUT2D eigenvalue weighted by atomic mass is 10.1. The Balaban J connectivity index is 2.43. The Morgan fingerprint density at radius 2 is 2.25 bits per heavy atom. The van der Waals surface area contributed by atoms with Gasteiger partial charge in [0.1, 0.15) is 0 Å². The summed E-state index contributed by atoms with van der Waals surface area (Å²) in [6.45, 7) is 4.50. The monoisotopic (exact) mass is 220 g/mol. The smallest absolute Gasteiger partial charge is 0.243 e. The van der Waals surface area contributed by atoms with Gasteiger partial charge in [0.15, 0.2) is 0 Å². The first kappa shape index (κ1) is 11.0. The van der Waals surface area contributed by atoms with Crippen LogP contribution in [0.4, 0.5) is 11.4 Å². The minimum Gasteiger partial charge on any atom is -0.392 e. The maximum absolute atomic E-state index is 11.5. The van der Waals surface area contributed by atoms with E-state index >= 15 is 0 Å². The van der Waals surface area contributed by atoms with Crippen molar-refractivity contribution in [3.8, 4) is 0 Å². The van der Waals surface area contributed by atoms with Crippen LogP contribution in [0.15, 0.2) is 18.2 Å². The third-order valence-electron chi connectivity index (χ3n) is 2.76. The first-order valence-electron chi connectivity index (χ1n) is 5.42. The van der Waals surface area contributed by atoms with Gasteiger partial charge in [0.2, 0.25) is 5.91 Å². The lowest BCUT2D eigenvalue weighted by molar-refractivity contribution is -0.115. The number of hydrogen-bond acceptors (Lipinski definition) is 3. The molecule has 4 heteroatoms. The Morgan fingerprint density at radius 1 is 1.50 bits per heavy atom. The van der Waals surface area contributed by atoms with Crippen molar-refractivity contribution in [2.45, 2.75) is 26.5 Å². The number of aliphatic hydroxyl groups is 1. The van der Waals surface area contributed by atoms with Gasteiger partial charge in [-0.15, -0.1) is 0 Å². The van der Waals surface area contributed by atoms with E-state index in [4.69, 9.17) is 5.11 Å². The van der Waals surface area contributed by atoms with Crippen LogP contribution in [-0.4, -0.2) is 23.6 Å². The molecule has 0 aliphatic carbocycles. The number of rotatable bonds is 2. The van der Waals surface area contributed by atoms with E-state index in [1.165, 1.54) is 0 Å². The van der Waals surface area contributed by atoms with Gasteiger partial charge in [-0.1, -0.05) is 6.07 Å². The van der Waals surface area contributed by atoms with Crippen molar-refractivity contribution in [3.63, 3.8) is 0 Å². The van der Waals surface area contributed by atoms with Gasteiger partial charge < -0.3 is 15.3 Å². The van der Waals surface area contributed by atoms with Crippen molar-refractivity contribution in [3.05, 3.63) is 23.8 Å². The van der Waals surface area contributed by atoms with E-state index in [0.717, 1.165) is 16.9 Å². The highest BCUT2D eigenvalue weighted by molar-refractivity contribution is 6.01. The van der Waals surface area contributed by atoms with Crippen LogP contribution < -0.4 is 10.2 Å². The summed E-state index contributed by atoms with van der Waals surface area (Å²) in [5.74, 6) is -0.00344. The number of aliphatic hydroxyl groups excluding tert-OH is 1.